The Bertz CT molecular complexity index is 1190. The highest BCUT2D eigenvalue weighted by molar-refractivity contribution is 5.68. The molecule has 0 spiro atoms. The number of nitrogens with zero attached hydrogens (tertiary/aromatic N) is 2. The predicted octanol–water partition coefficient (Wildman–Crippen LogP) is 7.29. The fourth-order valence-electron chi connectivity index (χ4n) is 5.13. The first kappa shape index (κ1) is 27.5. The number of fused-ring (bicyclic) bond motifs is 1. The Morgan fingerprint density at radius 1 is 1.06 bits per heavy atom. The van der Waals surface area contributed by atoms with Crippen molar-refractivity contribution in [2.24, 2.45) is 7.05 Å². The number of ether oxygens (including phenoxy) is 1. The van der Waals surface area contributed by atoms with Crippen molar-refractivity contribution in [3.05, 3.63) is 82.4 Å². The first-order valence-corrected chi connectivity index (χ1v) is 13.0. The van der Waals surface area contributed by atoms with Gasteiger partial charge < -0.3 is 14.4 Å². The van der Waals surface area contributed by atoms with E-state index in [1.807, 2.05) is 55.9 Å². The molecule has 0 aliphatic heterocycles. The average molecular weight is 491 g/mol. The number of carboxylic acid groups (broad SMARTS) is 1. The number of rotatable bonds is 7. The van der Waals surface area contributed by atoms with Crippen LogP contribution >= 0.6 is 0 Å². The molecule has 1 aliphatic carbocycles. The predicted molar refractivity (Wildman–Crippen MR) is 146 cm³/mol. The quantitative estimate of drug-likeness (QED) is 0.378. The maximum atomic E-state index is 11.5. The van der Waals surface area contributed by atoms with Crippen LogP contribution in [0.5, 0.6) is 5.75 Å². The van der Waals surface area contributed by atoms with E-state index in [0.29, 0.717) is 6.61 Å². The van der Waals surface area contributed by atoms with Crippen molar-refractivity contribution < 1.29 is 14.6 Å². The zero-order valence-corrected chi connectivity index (χ0v) is 23.2. The molecule has 5 heteroatoms. The lowest BCUT2D eigenvalue weighted by Gasteiger charge is -2.42. The SMILES string of the molecule is CC.Cc1cc2c(cc1COc1ccc(C(CC(=O)O)c3nccn3C)cc1)C(C)(C)CCC2(C)C. The number of aryl methyl sites for hydroxylation is 2. The van der Waals surface area contributed by atoms with Gasteiger partial charge in [0.25, 0.3) is 0 Å². The van der Waals surface area contributed by atoms with Crippen molar-refractivity contribution in [2.45, 2.75) is 91.1 Å². The lowest BCUT2D eigenvalue weighted by atomic mass is 9.62. The number of aromatic nitrogens is 2. The standard InChI is InChI=1S/C29H36N2O3.C2H6/c1-19-15-24-25(29(4,5)12-11-28(24,2)3)16-21(19)18-34-22-9-7-20(8-10-22)23(17-26(32)33)27-30-13-14-31(27)6;1-2/h7-10,13-16,23H,11-12,17-18H2,1-6H3,(H,32,33);1-2H3. The summed E-state index contributed by atoms with van der Waals surface area (Å²) in [6.07, 6.45) is 5.92. The van der Waals surface area contributed by atoms with Gasteiger partial charge in [-0.05, 0) is 70.5 Å². The van der Waals surface area contributed by atoms with Crippen LogP contribution in [-0.2, 0) is 29.3 Å². The molecule has 1 heterocycles. The Labute approximate surface area is 216 Å². The van der Waals surface area contributed by atoms with Crippen LogP contribution in [0.25, 0.3) is 0 Å². The van der Waals surface area contributed by atoms with Gasteiger partial charge in [-0.25, -0.2) is 4.98 Å². The molecule has 0 bridgehead atoms. The second kappa shape index (κ2) is 10.9. The average Bonchev–Trinajstić information content (AvgIpc) is 3.26. The van der Waals surface area contributed by atoms with Crippen LogP contribution < -0.4 is 4.74 Å². The minimum atomic E-state index is -0.845. The zero-order valence-electron chi connectivity index (χ0n) is 23.2. The number of hydrogen-bond acceptors (Lipinski definition) is 3. The fraction of sp³-hybridized carbons (Fsp3) is 0.484. The van der Waals surface area contributed by atoms with Gasteiger partial charge in [-0.3, -0.25) is 4.79 Å². The molecule has 0 fully saturated rings. The van der Waals surface area contributed by atoms with E-state index in [2.05, 4.69) is 51.7 Å². The van der Waals surface area contributed by atoms with E-state index in [0.717, 1.165) is 17.1 Å². The molecular formula is C31H42N2O3. The molecule has 2 aromatic carbocycles. The normalized spacial score (nSPS) is 16.3. The third-order valence-corrected chi connectivity index (χ3v) is 7.54. The Hall–Kier alpha value is -3.08. The molecular weight excluding hydrogens is 448 g/mol. The zero-order chi connectivity index (χ0) is 26.7. The van der Waals surface area contributed by atoms with Crippen LogP contribution in [0, 0.1) is 6.92 Å². The number of carboxylic acids is 1. The number of aliphatic carboxylic acids is 1. The van der Waals surface area contributed by atoms with E-state index < -0.39 is 5.97 Å². The summed E-state index contributed by atoms with van der Waals surface area (Å²) in [6.45, 7) is 16.1. The molecule has 3 aromatic rings. The third-order valence-electron chi connectivity index (χ3n) is 7.54. The van der Waals surface area contributed by atoms with Gasteiger partial charge in [-0.2, -0.15) is 0 Å². The van der Waals surface area contributed by atoms with Crippen LogP contribution in [0.3, 0.4) is 0 Å². The smallest absolute Gasteiger partial charge is 0.304 e. The van der Waals surface area contributed by atoms with Gasteiger partial charge in [0, 0.05) is 19.4 Å². The molecule has 0 saturated carbocycles. The largest absolute Gasteiger partial charge is 0.489 e. The van der Waals surface area contributed by atoms with Crippen molar-refractivity contribution in [1.82, 2.24) is 9.55 Å². The van der Waals surface area contributed by atoms with Crippen molar-refractivity contribution in [3.8, 4) is 5.75 Å². The summed E-state index contributed by atoms with van der Waals surface area (Å²) in [6, 6.07) is 12.5. The molecule has 4 rings (SSSR count). The Kier molecular flexibility index (Phi) is 8.33. The molecule has 1 aromatic heterocycles. The number of imidazole rings is 1. The fourth-order valence-corrected chi connectivity index (χ4v) is 5.13. The molecule has 36 heavy (non-hydrogen) atoms. The van der Waals surface area contributed by atoms with Crippen LogP contribution in [0.2, 0.25) is 0 Å². The monoisotopic (exact) mass is 490 g/mol. The van der Waals surface area contributed by atoms with Crippen molar-refractivity contribution in [1.29, 1.82) is 0 Å². The Morgan fingerprint density at radius 3 is 2.17 bits per heavy atom. The van der Waals surface area contributed by atoms with E-state index in [4.69, 9.17) is 4.74 Å². The first-order chi connectivity index (χ1) is 17.0. The molecule has 5 nitrogen and oxygen atoms in total. The van der Waals surface area contributed by atoms with Crippen LogP contribution in [-0.4, -0.2) is 20.6 Å². The van der Waals surface area contributed by atoms with Crippen LogP contribution in [0.1, 0.15) is 100 Å². The lowest BCUT2D eigenvalue weighted by molar-refractivity contribution is -0.137. The Balaban J connectivity index is 0.00000176. The number of carbonyl (C=O) groups is 1. The van der Waals surface area contributed by atoms with Gasteiger partial charge >= 0.3 is 5.97 Å². The molecule has 0 saturated heterocycles. The van der Waals surface area contributed by atoms with Crippen molar-refractivity contribution in [3.63, 3.8) is 0 Å². The summed E-state index contributed by atoms with van der Waals surface area (Å²) in [4.78, 5) is 15.9. The van der Waals surface area contributed by atoms with Crippen molar-refractivity contribution in [2.75, 3.05) is 0 Å². The van der Waals surface area contributed by atoms with Crippen LogP contribution in [0.4, 0.5) is 0 Å². The van der Waals surface area contributed by atoms with E-state index in [1.54, 1.807) is 6.20 Å². The summed E-state index contributed by atoms with van der Waals surface area (Å²) in [7, 11) is 1.89. The van der Waals surface area contributed by atoms with E-state index in [9.17, 15) is 9.90 Å². The molecule has 1 N–H and O–H groups in total. The van der Waals surface area contributed by atoms with Gasteiger partial charge in [0.15, 0.2) is 0 Å². The van der Waals surface area contributed by atoms with E-state index >= 15 is 0 Å². The molecule has 0 radical (unpaired) electrons. The Morgan fingerprint density at radius 2 is 1.64 bits per heavy atom. The molecule has 1 aliphatic rings. The summed E-state index contributed by atoms with van der Waals surface area (Å²) >= 11 is 0. The van der Waals surface area contributed by atoms with Crippen LogP contribution in [0.15, 0.2) is 48.8 Å². The summed E-state index contributed by atoms with van der Waals surface area (Å²) < 4.78 is 8.05. The van der Waals surface area contributed by atoms with Gasteiger partial charge in [0.05, 0.1) is 12.3 Å². The second-order valence-corrected chi connectivity index (χ2v) is 11.0. The summed E-state index contributed by atoms with van der Waals surface area (Å²) in [5, 5.41) is 9.42. The molecule has 194 valence electrons. The highest BCUT2D eigenvalue weighted by Crippen LogP contribution is 2.46. The van der Waals surface area contributed by atoms with Gasteiger partial charge in [0.2, 0.25) is 0 Å². The van der Waals surface area contributed by atoms with E-state index in [-0.39, 0.29) is 23.2 Å². The molecule has 0 amide bonds. The first-order valence-electron chi connectivity index (χ1n) is 13.0. The van der Waals surface area contributed by atoms with Crippen molar-refractivity contribution >= 4 is 5.97 Å². The van der Waals surface area contributed by atoms with Gasteiger partial charge in [-0.1, -0.05) is 65.8 Å². The maximum absolute atomic E-state index is 11.5. The molecule has 1 atom stereocenters. The second-order valence-electron chi connectivity index (χ2n) is 11.0. The lowest BCUT2D eigenvalue weighted by Crippen LogP contribution is -2.34. The maximum Gasteiger partial charge on any atom is 0.304 e. The number of hydrogen-bond donors (Lipinski definition) is 1. The summed E-state index contributed by atoms with van der Waals surface area (Å²) in [5.74, 6) is 0.364. The van der Waals surface area contributed by atoms with Gasteiger partial charge in [0.1, 0.15) is 18.2 Å². The van der Waals surface area contributed by atoms with E-state index in [1.165, 1.54) is 35.1 Å². The highest BCUT2D eigenvalue weighted by atomic mass is 16.5. The highest BCUT2D eigenvalue weighted by Gasteiger charge is 2.37. The third kappa shape index (κ3) is 5.83. The minimum Gasteiger partial charge on any atom is -0.489 e. The minimum absolute atomic E-state index is 0.00842. The summed E-state index contributed by atoms with van der Waals surface area (Å²) in [5.41, 5.74) is 6.66. The van der Waals surface area contributed by atoms with Gasteiger partial charge in [-0.15, -0.1) is 0 Å². The number of benzene rings is 2. The topological polar surface area (TPSA) is 64.3 Å². The molecule has 1 unspecified atom stereocenters.